The summed E-state index contributed by atoms with van der Waals surface area (Å²) >= 11 is 0. The van der Waals surface area contributed by atoms with Crippen LogP contribution in [0, 0.1) is 0 Å². The summed E-state index contributed by atoms with van der Waals surface area (Å²) in [6.45, 7) is 9.15. The fourth-order valence-corrected chi connectivity index (χ4v) is 3.12. The van der Waals surface area contributed by atoms with E-state index in [9.17, 15) is 0 Å². The minimum absolute atomic E-state index is 0.154. The van der Waals surface area contributed by atoms with Crippen molar-refractivity contribution in [2.75, 3.05) is 19.6 Å². The minimum Gasteiger partial charge on any atom is -0.357 e. The second-order valence-corrected chi connectivity index (χ2v) is 6.60. The highest BCUT2D eigenvalue weighted by Crippen LogP contribution is 2.16. The van der Waals surface area contributed by atoms with Gasteiger partial charge >= 0.3 is 0 Å². The Labute approximate surface area is 121 Å². The predicted octanol–water partition coefficient (Wildman–Crippen LogP) is 3.13. The Morgan fingerprint density at radius 2 is 1.95 bits per heavy atom. The third-order valence-electron chi connectivity index (χ3n) is 4.16. The summed E-state index contributed by atoms with van der Waals surface area (Å²) in [4.78, 5) is 6.05. The number of H-pyrrole nitrogens is 1. The van der Waals surface area contributed by atoms with Crippen molar-refractivity contribution in [3.8, 4) is 0 Å². The average molecular weight is 271 g/mol. The normalized spacial score (nSPS) is 17.1. The summed E-state index contributed by atoms with van der Waals surface area (Å²) in [5.74, 6) is 0. The summed E-state index contributed by atoms with van der Waals surface area (Å²) < 4.78 is 0. The highest BCUT2D eigenvalue weighted by molar-refractivity contribution is 5.80. The average Bonchev–Trinajstić information content (AvgIpc) is 3.04. The van der Waals surface area contributed by atoms with Gasteiger partial charge in [-0.1, -0.05) is 18.2 Å². The zero-order chi connectivity index (χ0) is 14.0. The molecule has 0 aliphatic carbocycles. The van der Waals surface area contributed by atoms with E-state index in [0.29, 0.717) is 0 Å². The lowest BCUT2D eigenvalue weighted by molar-refractivity contribution is 0.233. The number of para-hydroxylation sites is 1. The van der Waals surface area contributed by atoms with Crippen LogP contribution in [-0.2, 0) is 6.54 Å². The number of hydrogen-bond donors (Lipinski definition) is 2. The lowest BCUT2D eigenvalue weighted by Crippen LogP contribution is -2.48. The van der Waals surface area contributed by atoms with Crippen LogP contribution >= 0.6 is 0 Å². The highest BCUT2D eigenvalue weighted by atomic mass is 15.2. The Morgan fingerprint density at radius 3 is 2.70 bits per heavy atom. The first-order valence-corrected chi connectivity index (χ1v) is 7.66. The zero-order valence-corrected chi connectivity index (χ0v) is 12.6. The predicted molar refractivity (Wildman–Crippen MR) is 84.9 cm³/mol. The van der Waals surface area contributed by atoms with Crippen LogP contribution < -0.4 is 5.32 Å². The standard InChI is InChI=1S/C17H25N3/c1-17(2,13-20-9-5-6-10-20)18-12-15-11-14-7-3-4-8-16(14)19-15/h3-4,7-8,11,18-19H,5-6,9-10,12-13H2,1-2H3. The number of aromatic amines is 1. The lowest BCUT2D eigenvalue weighted by atomic mass is 10.0. The van der Waals surface area contributed by atoms with Crippen LogP contribution in [0.5, 0.6) is 0 Å². The van der Waals surface area contributed by atoms with Crippen molar-refractivity contribution in [3.05, 3.63) is 36.0 Å². The van der Waals surface area contributed by atoms with Crippen LogP contribution in [0.4, 0.5) is 0 Å². The molecule has 1 aromatic carbocycles. The van der Waals surface area contributed by atoms with Gasteiger partial charge in [-0.3, -0.25) is 0 Å². The second-order valence-electron chi connectivity index (χ2n) is 6.60. The molecule has 0 radical (unpaired) electrons. The molecule has 1 saturated heterocycles. The third-order valence-corrected chi connectivity index (χ3v) is 4.16. The van der Waals surface area contributed by atoms with Gasteiger partial charge in [0.2, 0.25) is 0 Å². The van der Waals surface area contributed by atoms with Gasteiger partial charge in [0, 0.05) is 29.8 Å². The van der Waals surface area contributed by atoms with Crippen molar-refractivity contribution in [2.45, 2.75) is 38.8 Å². The molecule has 3 heteroatoms. The molecule has 1 fully saturated rings. The van der Waals surface area contributed by atoms with Gasteiger partial charge in [-0.05, 0) is 57.3 Å². The Hall–Kier alpha value is -1.32. The molecule has 0 amide bonds. The summed E-state index contributed by atoms with van der Waals surface area (Å²) in [5.41, 5.74) is 2.64. The fourth-order valence-electron chi connectivity index (χ4n) is 3.12. The maximum Gasteiger partial charge on any atom is 0.0456 e. The van der Waals surface area contributed by atoms with Crippen molar-refractivity contribution < 1.29 is 0 Å². The molecule has 20 heavy (non-hydrogen) atoms. The van der Waals surface area contributed by atoms with Gasteiger partial charge in [0.15, 0.2) is 0 Å². The lowest BCUT2D eigenvalue weighted by Gasteiger charge is -2.31. The van der Waals surface area contributed by atoms with Crippen molar-refractivity contribution in [2.24, 2.45) is 0 Å². The van der Waals surface area contributed by atoms with E-state index < -0.39 is 0 Å². The quantitative estimate of drug-likeness (QED) is 0.875. The van der Waals surface area contributed by atoms with Gasteiger partial charge < -0.3 is 15.2 Å². The van der Waals surface area contributed by atoms with Crippen LogP contribution in [0.3, 0.4) is 0 Å². The molecule has 1 aliphatic heterocycles. The smallest absolute Gasteiger partial charge is 0.0456 e. The van der Waals surface area contributed by atoms with E-state index in [-0.39, 0.29) is 5.54 Å². The zero-order valence-electron chi connectivity index (χ0n) is 12.6. The Kier molecular flexibility index (Phi) is 3.81. The molecule has 1 aromatic heterocycles. The molecule has 3 rings (SSSR count). The first kappa shape index (κ1) is 13.7. The Balaban J connectivity index is 1.59. The SMILES string of the molecule is CC(C)(CN1CCCC1)NCc1cc2ccccc2[nH]1. The molecular weight excluding hydrogens is 246 g/mol. The molecular formula is C17H25N3. The molecule has 0 bridgehead atoms. The topological polar surface area (TPSA) is 31.1 Å². The molecule has 0 spiro atoms. The molecule has 1 aliphatic rings. The first-order valence-electron chi connectivity index (χ1n) is 7.66. The summed E-state index contributed by atoms with van der Waals surface area (Å²) in [7, 11) is 0. The monoisotopic (exact) mass is 271 g/mol. The van der Waals surface area contributed by atoms with E-state index in [4.69, 9.17) is 0 Å². The van der Waals surface area contributed by atoms with Gasteiger partial charge in [-0.25, -0.2) is 0 Å². The van der Waals surface area contributed by atoms with Crippen molar-refractivity contribution in [3.63, 3.8) is 0 Å². The van der Waals surface area contributed by atoms with Crippen LogP contribution in [0.25, 0.3) is 10.9 Å². The highest BCUT2D eigenvalue weighted by Gasteiger charge is 2.23. The summed E-state index contributed by atoms with van der Waals surface area (Å²) in [6, 6.07) is 10.7. The minimum atomic E-state index is 0.154. The van der Waals surface area contributed by atoms with Gasteiger partial charge in [-0.15, -0.1) is 0 Å². The molecule has 0 atom stereocenters. The summed E-state index contributed by atoms with van der Waals surface area (Å²) in [6.07, 6.45) is 2.72. The van der Waals surface area contributed by atoms with E-state index >= 15 is 0 Å². The van der Waals surface area contributed by atoms with Gasteiger partial charge in [0.25, 0.3) is 0 Å². The van der Waals surface area contributed by atoms with Gasteiger partial charge in [0.1, 0.15) is 0 Å². The Morgan fingerprint density at radius 1 is 1.20 bits per heavy atom. The second kappa shape index (κ2) is 5.58. The van der Waals surface area contributed by atoms with Crippen LogP contribution in [0.1, 0.15) is 32.4 Å². The number of hydrogen-bond acceptors (Lipinski definition) is 2. The fraction of sp³-hybridized carbons (Fsp3) is 0.529. The number of aromatic nitrogens is 1. The largest absolute Gasteiger partial charge is 0.357 e. The van der Waals surface area contributed by atoms with Crippen molar-refractivity contribution in [1.29, 1.82) is 0 Å². The van der Waals surface area contributed by atoms with E-state index in [1.54, 1.807) is 0 Å². The number of rotatable bonds is 5. The summed E-state index contributed by atoms with van der Waals surface area (Å²) in [5, 5.41) is 4.98. The molecule has 0 saturated carbocycles. The van der Waals surface area contributed by atoms with Crippen LogP contribution in [0.15, 0.2) is 30.3 Å². The number of nitrogens with one attached hydrogen (secondary N) is 2. The van der Waals surface area contributed by atoms with E-state index in [0.717, 1.165) is 13.1 Å². The van der Waals surface area contributed by atoms with Crippen LogP contribution in [-0.4, -0.2) is 35.1 Å². The maximum absolute atomic E-state index is 3.69. The molecule has 3 nitrogen and oxygen atoms in total. The van der Waals surface area contributed by atoms with Gasteiger partial charge in [-0.2, -0.15) is 0 Å². The number of fused-ring (bicyclic) bond motifs is 1. The molecule has 2 N–H and O–H groups in total. The van der Waals surface area contributed by atoms with Gasteiger partial charge in [0.05, 0.1) is 0 Å². The molecule has 2 aromatic rings. The van der Waals surface area contributed by atoms with E-state index in [2.05, 4.69) is 59.4 Å². The maximum atomic E-state index is 3.69. The number of benzene rings is 1. The first-order chi connectivity index (χ1) is 9.62. The number of nitrogens with zero attached hydrogens (tertiary/aromatic N) is 1. The van der Waals surface area contributed by atoms with E-state index in [1.807, 2.05) is 0 Å². The Bertz CT molecular complexity index is 531. The molecule has 108 valence electrons. The third kappa shape index (κ3) is 3.22. The molecule has 2 heterocycles. The molecule has 0 unspecified atom stereocenters. The van der Waals surface area contributed by atoms with Crippen molar-refractivity contribution in [1.82, 2.24) is 15.2 Å². The van der Waals surface area contributed by atoms with Crippen LogP contribution in [0.2, 0.25) is 0 Å². The van der Waals surface area contributed by atoms with Crippen molar-refractivity contribution >= 4 is 10.9 Å². The van der Waals surface area contributed by atoms with E-state index in [1.165, 1.54) is 42.5 Å². The number of likely N-dealkylation sites (tertiary alicyclic amines) is 1.